The van der Waals surface area contributed by atoms with Gasteiger partial charge in [0.1, 0.15) is 0 Å². The molecule has 94 valence electrons. The van der Waals surface area contributed by atoms with Crippen LogP contribution < -0.4 is 5.46 Å². The minimum Gasteiger partial charge on any atom is -0.423 e. The van der Waals surface area contributed by atoms with Gasteiger partial charge in [-0.3, -0.25) is 0 Å². The first kappa shape index (κ1) is 12.5. The van der Waals surface area contributed by atoms with Crippen molar-refractivity contribution in [2.45, 2.75) is 4.90 Å². The Kier molecular flexibility index (Phi) is 3.23. The number of rotatable bonds is 2. The number of thioether (sulfide) groups is 1. The van der Waals surface area contributed by atoms with Gasteiger partial charge in [0, 0.05) is 10.4 Å². The molecule has 0 unspecified atom stereocenters. The molecular weight excluding hydrogens is 255 g/mol. The second-order valence-electron chi connectivity index (χ2n) is 4.41. The number of hydrogen-bond acceptors (Lipinski definition) is 3. The van der Waals surface area contributed by atoms with Gasteiger partial charge in [-0.1, -0.05) is 48.5 Å². The fraction of sp³-hybridized carbons (Fsp3) is 0.0667. The van der Waals surface area contributed by atoms with Crippen molar-refractivity contribution in [1.82, 2.24) is 0 Å². The predicted octanol–water partition coefficient (Wildman–Crippen LogP) is 2.39. The van der Waals surface area contributed by atoms with Crippen molar-refractivity contribution in [3.8, 4) is 0 Å². The van der Waals surface area contributed by atoms with Crippen LogP contribution in [0.1, 0.15) is 0 Å². The van der Waals surface area contributed by atoms with Crippen LogP contribution in [0.2, 0.25) is 0 Å². The zero-order valence-electron chi connectivity index (χ0n) is 10.5. The van der Waals surface area contributed by atoms with Gasteiger partial charge in [0.15, 0.2) is 0 Å². The van der Waals surface area contributed by atoms with Crippen LogP contribution in [0.4, 0.5) is 0 Å². The first-order chi connectivity index (χ1) is 9.24. The summed E-state index contributed by atoms with van der Waals surface area (Å²) in [4.78, 5) is 0.935. The van der Waals surface area contributed by atoms with Crippen LogP contribution >= 0.6 is 11.8 Å². The van der Waals surface area contributed by atoms with Gasteiger partial charge in [0.25, 0.3) is 0 Å². The summed E-state index contributed by atoms with van der Waals surface area (Å²) >= 11 is 1.55. The SMILES string of the molecule is CSc1c(B(O)O)c2ccccc2c2ccccc12. The maximum atomic E-state index is 9.74. The lowest BCUT2D eigenvalue weighted by Gasteiger charge is -2.15. The molecule has 19 heavy (non-hydrogen) atoms. The maximum absolute atomic E-state index is 9.74. The summed E-state index contributed by atoms with van der Waals surface area (Å²) < 4.78 is 0. The molecule has 0 spiro atoms. The van der Waals surface area contributed by atoms with Gasteiger partial charge in [-0.15, -0.1) is 11.8 Å². The lowest BCUT2D eigenvalue weighted by molar-refractivity contribution is 0.425. The minimum absolute atomic E-state index is 0.599. The third-order valence-corrected chi connectivity index (χ3v) is 4.23. The van der Waals surface area contributed by atoms with Crippen LogP contribution in [0.5, 0.6) is 0 Å². The first-order valence-corrected chi connectivity index (χ1v) is 7.30. The summed E-state index contributed by atoms with van der Waals surface area (Å²) in [5, 5.41) is 23.6. The van der Waals surface area contributed by atoms with Crippen molar-refractivity contribution in [3.63, 3.8) is 0 Å². The third-order valence-electron chi connectivity index (χ3n) is 3.39. The monoisotopic (exact) mass is 268 g/mol. The highest BCUT2D eigenvalue weighted by Crippen LogP contribution is 2.31. The van der Waals surface area contributed by atoms with Gasteiger partial charge in [0.05, 0.1) is 0 Å². The normalized spacial score (nSPS) is 11.1. The van der Waals surface area contributed by atoms with Gasteiger partial charge in [-0.25, -0.2) is 0 Å². The van der Waals surface area contributed by atoms with Crippen LogP contribution in [-0.4, -0.2) is 23.4 Å². The van der Waals surface area contributed by atoms with Crippen molar-refractivity contribution in [2.24, 2.45) is 0 Å². The Hall–Kier alpha value is -1.49. The Morgan fingerprint density at radius 3 is 1.79 bits per heavy atom. The maximum Gasteiger partial charge on any atom is 0.490 e. The van der Waals surface area contributed by atoms with Crippen LogP contribution in [0, 0.1) is 0 Å². The highest BCUT2D eigenvalue weighted by atomic mass is 32.2. The molecule has 0 aromatic heterocycles. The van der Waals surface area contributed by atoms with Gasteiger partial charge in [-0.2, -0.15) is 0 Å². The van der Waals surface area contributed by atoms with E-state index in [1.165, 1.54) is 0 Å². The summed E-state index contributed by atoms with van der Waals surface area (Å²) in [6.07, 6.45) is 1.96. The average molecular weight is 268 g/mol. The van der Waals surface area contributed by atoms with Crippen LogP contribution in [0.15, 0.2) is 53.4 Å². The highest BCUT2D eigenvalue weighted by molar-refractivity contribution is 7.99. The molecular formula is C15H13BO2S. The van der Waals surface area contributed by atoms with E-state index in [4.69, 9.17) is 0 Å². The fourth-order valence-electron chi connectivity index (χ4n) is 2.61. The molecule has 0 atom stereocenters. The average Bonchev–Trinajstić information content (AvgIpc) is 2.45. The number of fused-ring (bicyclic) bond motifs is 3. The Labute approximate surface area is 116 Å². The Morgan fingerprint density at radius 1 is 0.789 bits per heavy atom. The second-order valence-corrected chi connectivity index (χ2v) is 5.23. The van der Waals surface area contributed by atoms with Gasteiger partial charge < -0.3 is 10.0 Å². The molecule has 0 radical (unpaired) electrons. The number of hydrogen-bond donors (Lipinski definition) is 2. The zero-order chi connectivity index (χ0) is 13.4. The van der Waals surface area contributed by atoms with E-state index < -0.39 is 7.12 Å². The minimum atomic E-state index is -1.46. The molecule has 0 fully saturated rings. The number of benzene rings is 3. The summed E-state index contributed by atoms with van der Waals surface area (Å²) in [5.74, 6) is 0. The molecule has 0 amide bonds. The molecule has 0 aliphatic carbocycles. The van der Waals surface area contributed by atoms with E-state index in [2.05, 4.69) is 6.07 Å². The highest BCUT2D eigenvalue weighted by Gasteiger charge is 2.22. The summed E-state index contributed by atoms with van der Waals surface area (Å²) in [7, 11) is -1.46. The lowest BCUT2D eigenvalue weighted by atomic mass is 9.75. The Morgan fingerprint density at radius 2 is 1.26 bits per heavy atom. The van der Waals surface area contributed by atoms with E-state index in [1.807, 2.05) is 48.7 Å². The van der Waals surface area contributed by atoms with E-state index in [0.717, 1.165) is 26.4 Å². The van der Waals surface area contributed by atoms with E-state index in [1.54, 1.807) is 11.8 Å². The predicted molar refractivity (Wildman–Crippen MR) is 83.1 cm³/mol. The molecule has 3 aromatic rings. The fourth-order valence-corrected chi connectivity index (χ4v) is 3.45. The van der Waals surface area contributed by atoms with Crippen molar-refractivity contribution in [1.29, 1.82) is 0 Å². The molecule has 0 saturated carbocycles. The standard InChI is InChI=1S/C15H13BO2S/c1-19-15-13-9-5-3-7-11(13)10-6-2-4-8-12(10)14(15)16(17)18/h2-9,17-18H,1H3. The molecule has 3 rings (SSSR count). The molecule has 0 saturated heterocycles. The van der Waals surface area contributed by atoms with Gasteiger partial charge in [0.2, 0.25) is 0 Å². The van der Waals surface area contributed by atoms with Crippen LogP contribution in [0.25, 0.3) is 21.5 Å². The Balaban J connectivity index is 2.61. The van der Waals surface area contributed by atoms with Crippen LogP contribution in [0.3, 0.4) is 0 Å². The second kappa shape index (κ2) is 4.89. The Bertz CT molecular complexity index is 756. The van der Waals surface area contributed by atoms with E-state index in [-0.39, 0.29) is 0 Å². The lowest BCUT2D eigenvalue weighted by Crippen LogP contribution is -2.32. The van der Waals surface area contributed by atoms with Crippen LogP contribution in [-0.2, 0) is 0 Å². The van der Waals surface area contributed by atoms with Crippen molar-refractivity contribution >= 4 is 45.9 Å². The van der Waals surface area contributed by atoms with Crippen molar-refractivity contribution < 1.29 is 10.0 Å². The molecule has 0 bridgehead atoms. The molecule has 2 nitrogen and oxygen atoms in total. The summed E-state index contributed by atoms with van der Waals surface area (Å²) in [6.45, 7) is 0. The largest absolute Gasteiger partial charge is 0.490 e. The van der Waals surface area contributed by atoms with Gasteiger partial charge in [-0.05, 0) is 27.8 Å². The molecule has 2 N–H and O–H groups in total. The van der Waals surface area contributed by atoms with E-state index in [0.29, 0.717) is 5.46 Å². The molecule has 0 aliphatic rings. The summed E-state index contributed by atoms with van der Waals surface area (Å²) in [6, 6.07) is 15.9. The molecule has 4 heteroatoms. The molecule has 0 heterocycles. The van der Waals surface area contributed by atoms with Crippen molar-refractivity contribution in [2.75, 3.05) is 6.26 Å². The van der Waals surface area contributed by atoms with E-state index >= 15 is 0 Å². The van der Waals surface area contributed by atoms with E-state index in [9.17, 15) is 10.0 Å². The molecule has 0 aliphatic heterocycles. The smallest absolute Gasteiger partial charge is 0.423 e. The zero-order valence-corrected chi connectivity index (χ0v) is 11.3. The van der Waals surface area contributed by atoms with Gasteiger partial charge >= 0.3 is 7.12 Å². The van der Waals surface area contributed by atoms with Crippen molar-refractivity contribution in [3.05, 3.63) is 48.5 Å². The molecule has 3 aromatic carbocycles. The summed E-state index contributed by atoms with van der Waals surface area (Å²) in [5.41, 5.74) is 0.599. The first-order valence-electron chi connectivity index (χ1n) is 6.07. The quantitative estimate of drug-likeness (QED) is 0.426. The topological polar surface area (TPSA) is 40.5 Å². The third kappa shape index (κ3) is 1.92.